The van der Waals surface area contributed by atoms with Gasteiger partial charge in [-0.1, -0.05) is 35.9 Å². The Hall–Kier alpha value is -2.68. The van der Waals surface area contributed by atoms with Gasteiger partial charge in [-0.15, -0.1) is 0 Å². The number of imidazole rings is 1. The molecule has 1 saturated heterocycles. The summed E-state index contributed by atoms with van der Waals surface area (Å²) in [6.45, 7) is 0.956. The molecule has 0 bridgehead atoms. The molecule has 0 aliphatic carbocycles. The Morgan fingerprint density at radius 2 is 1.80 bits per heavy atom. The number of aromatic nitrogens is 2. The van der Waals surface area contributed by atoms with Crippen LogP contribution in [0.2, 0.25) is 5.15 Å². The van der Waals surface area contributed by atoms with E-state index >= 15 is 0 Å². The first kappa shape index (κ1) is 20.6. The van der Waals surface area contributed by atoms with Crippen molar-refractivity contribution in [2.75, 3.05) is 13.1 Å². The van der Waals surface area contributed by atoms with Gasteiger partial charge in [0.25, 0.3) is 0 Å². The van der Waals surface area contributed by atoms with Crippen LogP contribution in [0.3, 0.4) is 0 Å². The Morgan fingerprint density at radius 1 is 1.10 bits per heavy atom. The number of sulfonamides is 1. The lowest BCUT2D eigenvalue weighted by Gasteiger charge is -2.31. The monoisotopic (exact) mass is 444 g/mol. The topological polar surface area (TPSA) is 83.8 Å². The number of piperidine rings is 1. The van der Waals surface area contributed by atoms with E-state index in [0.29, 0.717) is 42.4 Å². The molecule has 1 fully saturated rings. The average Bonchev–Trinajstić information content (AvgIpc) is 3.08. The predicted molar refractivity (Wildman–Crippen MR) is 116 cm³/mol. The molecular formula is C21H21ClN4O3S. The number of carbonyl (C=O) groups excluding carboxylic acids is 1. The Labute approximate surface area is 180 Å². The highest BCUT2D eigenvalue weighted by Crippen LogP contribution is 2.20. The van der Waals surface area contributed by atoms with Crippen molar-refractivity contribution in [3.63, 3.8) is 0 Å². The highest BCUT2D eigenvalue weighted by atomic mass is 35.5. The smallest absolute Gasteiger partial charge is 0.246 e. The van der Waals surface area contributed by atoms with E-state index in [1.165, 1.54) is 6.08 Å². The summed E-state index contributed by atoms with van der Waals surface area (Å²) in [5, 5.41) is 0.333. The van der Waals surface area contributed by atoms with Gasteiger partial charge in [-0.3, -0.25) is 9.20 Å². The third-order valence-corrected chi connectivity index (χ3v) is 6.90. The molecule has 4 rings (SSSR count). The molecule has 0 unspecified atom stereocenters. The Balaban J connectivity index is 1.36. The zero-order chi connectivity index (χ0) is 21.1. The van der Waals surface area contributed by atoms with E-state index in [4.69, 9.17) is 11.6 Å². The summed E-state index contributed by atoms with van der Waals surface area (Å²) in [6.07, 6.45) is 6.10. The molecule has 7 nitrogen and oxygen atoms in total. The van der Waals surface area contributed by atoms with Gasteiger partial charge in [0, 0.05) is 31.4 Å². The zero-order valence-corrected chi connectivity index (χ0v) is 17.7. The van der Waals surface area contributed by atoms with Crippen molar-refractivity contribution in [1.82, 2.24) is 19.0 Å². The van der Waals surface area contributed by atoms with Crippen LogP contribution in [0.25, 0.3) is 11.7 Å². The van der Waals surface area contributed by atoms with E-state index in [0.717, 1.165) is 0 Å². The van der Waals surface area contributed by atoms with Crippen molar-refractivity contribution in [1.29, 1.82) is 0 Å². The minimum Gasteiger partial charge on any atom is -0.339 e. The number of amides is 1. The predicted octanol–water partition coefficient (Wildman–Crippen LogP) is 2.97. The molecule has 3 heterocycles. The molecule has 156 valence electrons. The van der Waals surface area contributed by atoms with E-state index < -0.39 is 10.0 Å². The third-order valence-electron chi connectivity index (χ3n) is 5.09. The molecule has 9 heteroatoms. The van der Waals surface area contributed by atoms with Crippen LogP contribution >= 0.6 is 11.6 Å². The summed E-state index contributed by atoms with van der Waals surface area (Å²) in [5.74, 6) is -0.138. The number of fused-ring (bicyclic) bond motifs is 1. The number of rotatable bonds is 5. The Bertz CT molecular complexity index is 1180. The van der Waals surface area contributed by atoms with Crippen LogP contribution in [-0.2, 0) is 14.8 Å². The van der Waals surface area contributed by atoms with Crippen molar-refractivity contribution in [2.45, 2.75) is 23.8 Å². The second kappa shape index (κ2) is 8.59. The number of pyridine rings is 1. The summed E-state index contributed by atoms with van der Waals surface area (Å²) in [4.78, 5) is 18.8. The molecule has 1 aliphatic heterocycles. The molecular weight excluding hydrogens is 424 g/mol. The lowest BCUT2D eigenvalue weighted by Crippen LogP contribution is -2.46. The fraction of sp³-hybridized carbons (Fsp3) is 0.238. The van der Waals surface area contributed by atoms with Gasteiger partial charge in [0.05, 0.1) is 10.6 Å². The normalized spacial score (nSPS) is 15.8. The number of nitrogens with one attached hydrogen (secondary N) is 1. The largest absolute Gasteiger partial charge is 0.339 e. The number of halogens is 1. The highest BCUT2D eigenvalue weighted by Gasteiger charge is 2.26. The van der Waals surface area contributed by atoms with E-state index in [2.05, 4.69) is 9.71 Å². The SMILES string of the molecule is O=C(/C=C/c1c(Cl)nc2ccccn12)N1CCC(NS(=O)(=O)c2ccccc2)CC1. The van der Waals surface area contributed by atoms with Crippen molar-refractivity contribution in [3.8, 4) is 0 Å². The van der Waals surface area contributed by atoms with Gasteiger partial charge in [0.1, 0.15) is 5.65 Å². The molecule has 0 saturated carbocycles. The number of likely N-dealkylation sites (tertiary alicyclic amines) is 1. The summed E-state index contributed by atoms with van der Waals surface area (Å²) in [6, 6.07) is 13.7. The van der Waals surface area contributed by atoms with Gasteiger partial charge in [-0.25, -0.2) is 18.1 Å². The van der Waals surface area contributed by atoms with E-state index in [9.17, 15) is 13.2 Å². The maximum atomic E-state index is 12.6. The minimum atomic E-state index is -3.55. The highest BCUT2D eigenvalue weighted by molar-refractivity contribution is 7.89. The summed E-state index contributed by atoms with van der Waals surface area (Å²) >= 11 is 6.19. The first-order valence-corrected chi connectivity index (χ1v) is 11.5. The van der Waals surface area contributed by atoms with Crippen molar-refractivity contribution < 1.29 is 13.2 Å². The van der Waals surface area contributed by atoms with Crippen LogP contribution in [0.5, 0.6) is 0 Å². The van der Waals surface area contributed by atoms with E-state index in [1.54, 1.807) is 41.3 Å². The van der Waals surface area contributed by atoms with Crippen LogP contribution in [-0.4, -0.2) is 47.7 Å². The van der Waals surface area contributed by atoms with Gasteiger partial charge in [0.15, 0.2) is 5.15 Å². The molecule has 1 amide bonds. The van der Waals surface area contributed by atoms with Gasteiger partial charge in [0.2, 0.25) is 15.9 Å². The van der Waals surface area contributed by atoms with Gasteiger partial charge < -0.3 is 4.90 Å². The molecule has 0 spiro atoms. The van der Waals surface area contributed by atoms with Crippen LogP contribution < -0.4 is 4.72 Å². The number of benzene rings is 1. The van der Waals surface area contributed by atoms with Crippen molar-refractivity contribution >= 4 is 39.3 Å². The van der Waals surface area contributed by atoms with Crippen LogP contribution in [0.15, 0.2) is 65.7 Å². The number of hydrogen-bond donors (Lipinski definition) is 1. The van der Waals surface area contributed by atoms with Gasteiger partial charge in [-0.2, -0.15) is 0 Å². The Morgan fingerprint density at radius 3 is 2.53 bits per heavy atom. The molecule has 0 atom stereocenters. The maximum absolute atomic E-state index is 12.6. The van der Waals surface area contributed by atoms with Crippen LogP contribution in [0.4, 0.5) is 0 Å². The number of hydrogen-bond acceptors (Lipinski definition) is 4. The Kier molecular flexibility index (Phi) is 5.90. The summed E-state index contributed by atoms with van der Waals surface area (Å²) in [5.41, 5.74) is 1.35. The lowest BCUT2D eigenvalue weighted by molar-refractivity contribution is -0.126. The first-order chi connectivity index (χ1) is 14.4. The molecule has 0 radical (unpaired) electrons. The molecule has 1 aliphatic rings. The summed E-state index contributed by atoms with van der Waals surface area (Å²) < 4.78 is 29.5. The number of carbonyl (C=O) groups is 1. The van der Waals surface area contributed by atoms with Gasteiger partial charge >= 0.3 is 0 Å². The molecule has 2 aromatic heterocycles. The van der Waals surface area contributed by atoms with Crippen LogP contribution in [0.1, 0.15) is 18.5 Å². The van der Waals surface area contributed by atoms with Crippen molar-refractivity contribution in [3.05, 3.63) is 71.7 Å². The van der Waals surface area contributed by atoms with E-state index in [-0.39, 0.29) is 16.8 Å². The first-order valence-electron chi connectivity index (χ1n) is 9.61. The number of nitrogens with zero attached hydrogens (tertiary/aromatic N) is 3. The molecule has 1 N–H and O–H groups in total. The third kappa shape index (κ3) is 4.40. The fourth-order valence-electron chi connectivity index (χ4n) is 3.50. The second-order valence-corrected chi connectivity index (χ2v) is 9.16. The molecule has 30 heavy (non-hydrogen) atoms. The van der Waals surface area contributed by atoms with E-state index in [1.807, 2.05) is 28.8 Å². The second-order valence-electron chi connectivity index (χ2n) is 7.08. The van der Waals surface area contributed by atoms with Crippen molar-refractivity contribution in [2.24, 2.45) is 0 Å². The van der Waals surface area contributed by atoms with Gasteiger partial charge in [-0.05, 0) is 43.2 Å². The average molecular weight is 445 g/mol. The molecule has 1 aromatic carbocycles. The minimum absolute atomic E-state index is 0.138. The quantitative estimate of drug-likeness (QED) is 0.613. The summed E-state index contributed by atoms with van der Waals surface area (Å²) in [7, 11) is -3.55. The fourth-order valence-corrected chi connectivity index (χ4v) is 5.06. The standard InChI is InChI=1S/C21H21ClN4O3S/c22-21-18(26-13-5-4-8-19(26)23-21)9-10-20(27)25-14-11-16(12-15-25)24-30(28,29)17-6-2-1-3-7-17/h1-10,13,16,24H,11-12,14-15H2/b10-9+. The molecule has 3 aromatic rings. The maximum Gasteiger partial charge on any atom is 0.246 e. The lowest BCUT2D eigenvalue weighted by atomic mass is 10.1. The van der Waals surface area contributed by atoms with Crippen LogP contribution in [0, 0.1) is 0 Å². The zero-order valence-electron chi connectivity index (χ0n) is 16.1.